The molecule has 2 saturated heterocycles. The van der Waals surface area contributed by atoms with E-state index in [4.69, 9.17) is 10.5 Å². The van der Waals surface area contributed by atoms with E-state index in [0.29, 0.717) is 0 Å². The summed E-state index contributed by atoms with van der Waals surface area (Å²) in [5.74, 6) is -3.13. The fraction of sp³-hybridized carbons (Fsp3) is 0.360. The first-order chi connectivity index (χ1) is 18.0. The summed E-state index contributed by atoms with van der Waals surface area (Å²) in [5.41, 5.74) is 4.56. The predicted octanol–water partition coefficient (Wildman–Crippen LogP) is 1.31. The van der Waals surface area contributed by atoms with Gasteiger partial charge in [0.15, 0.2) is 5.54 Å². The summed E-state index contributed by atoms with van der Waals surface area (Å²) in [4.78, 5) is 58.7. The lowest BCUT2D eigenvalue weighted by Crippen LogP contribution is -2.74. The van der Waals surface area contributed by atoms with Gasteiger partial charge >= 0.3 is 12.2 Å². The van der Waals surface area contributed by atoms with Crippen LogP contribution in [0, 0.1) is 6.42 Å². The third-order valence-corrected chi connectivity index (χ3v) is 6.44. The molecule has 13 heteroatoms. The highest BCUT2D eigenvalue weighted by molar-refractivity contribution is 6.11. The predicted molar refractivity (Wildman–Crippen MR) is 126 cm³/mol. The third kappa shape index (κ3) is 5.32. The van der Waals surface area contributed by atoms with Gasteiger partial charge in [0.2, 0.25) is 11.8 Å². The highest BCUT2D eigenvalue weighted by Gasteiger charge is 2.67. The summed E-state index contributed by atoms with van der Waals surface area (Å²) >= 11 is 0. The monoisotopic (exact) mass is 532 g/mol. The molecule has 1 radical (unpaired) electrons. The van der Waals surface area contributed by atoms with Crippen LogP contribution in [-0.2, 0) is 32.1 Å². The number of alkyl halides is 3. The van der Waals surface area contributed by atoms with E-state index >= 15 is 0 Å². The van der Waals surface area contributed by atoms with Crippen molar-refractivity contribution >= 4 is 23.8 Å². The number of imide groups is 1. The van der Waals surface area contributed by atoms with Gasteiger partial charge in [-0.3, -0.25) is 24.3 Å². The summed E-state index contributed by atoms with van der Waals surface area (Å²) in [6.45, 7) is -2.30. The van der Waals surface area contributed by atoms with Crippen molar-refractivity contribution in [2.75, 3.05) is 26.2 Å². The van der Waals surface area contributed by atoms with Gasteiger partial charge in [-0.1, -0.05) is 36.4 Å². The molecule has 0 saturated carbocycles. The van der Waals surface area contributed by atoms with Crippen molar-refractivity contribution in [3.05, 3.63) is 72.4 Å². The topological polar surface area (TPSA) is 126 Å². The molecule has 0 aliphatic carbocycles. The fourth-order valence-electron chi connectivity index (χ4n) is 4.90. The van der Waals surface area contributed by atoms with E-state index in [1.165, 1.54) is 12.3 Å². The van der Waals surface area contributed by atoms with E-state index in [0.717, 1.165) is 21.8 Å². The summed E-state index contributed by atoms with van der Waals surface area (Å²) in [7, 11) is 0. The number of hydrogen-bond donors (Lipinski definition) is 1. The summed E-state index contributed by atoms with van der Waals surface area (Å²) < 4.78 is 45.4. The molecule has 201 valence electrons. The lowest BCUT2D eigenvalue weighted by Gasteiger charge is -2.49. The van der Waals surface area contributed by atoms with Crippen molar-refractivity contribution in [1.82, 2.24) is 19.7 Å². The molecule has 2 N–H and O–H groups in total. The van der Waals surface area contributed by atoms with Crippen molar-refractivity contribution in [2.45, 2.75) is 30.8 Å². The second-order valence-corrected chi connectivity index (χ2v) is 8.90. The molecule has 1 aromatic carbocycles. The Bertz CT molecular complexity index is 1200. The number of rotatable bonds is 9. The number of urea groups is 1. The van der Waals surface area contributed by atoms with Gasteiger partial charge in [-0.2, -0.15) is 13.2 Å². The SMILES string of the molecule is NC(=O)C1N(C(=O)[CH]COCc2ccccc2)CCN2C(=O)N(CC(F)(F)F)C(=O)C12Cc1ccccn1. The van der Waals surface area contributed by atoms with Crippen LogP contribution in [0.4, 0.5) is 18.0 Å². The van der Waals surface area contributed by atoms with Gasteiger partial charge in [0.25, 0.3) is 5.91 Å². The molecule has 3 heterocycles. The molecule has 2 aliphatic heterocycles. The van der Waals surface area contributed by atoms with Crippen LogP contribution >= 0.6 is 0 Å². The summed E-state index contributed by atoms with van der Waals surface area (Å²) in [5, 5.41) is 0. The van der Waals surface area contributed by atoms with Crippen LogP contribution < -0.4 is 5.73 Å². The van der Waals surface area contributed by atoms with E-state index in [1.54, 1.807) is 12.1 Å². The quantitative estimate of drug-likeness (QED) is 0.383. The van der Waals surface area contributed by atoms with Crippen LogP contribution in [0.1, 0.15) is 11.3 Å². The van der Waals surface area contributed by atoms with Crippen LogP contribution in [-0.4, -0.2) is 87.4 Å². The smallest absolute Gasteiger partial charge is 0.376 e. The molecule has 2 aromatic rings. The number of carbonyl (C=O) groups is 4. The molecule has 0 spiro atoms. The van der Waals surface area contributed by atoms with Crippen LogP contribution in [0.25, 0.3) is 0 Å². The van der Waals surface area contributed by atoms with Gasteiger partial charge < -0.3 is 20.3 Å². The molecular formula is C25H25F3N5O5. The van der Waals surface area contributed by atoms with E-state index < -0.39 is 54.5 Å². The van der Waals surface area contributed by atoms with E-state index in [9.17, 15) is 32.3 Å². The normalized spacial score (nSPS) is 21.6. The Morgan fingerprint density at radius 3 is 2.45 bits per heavy atom. The molecule has 1 aromatic heterocycles. The number of amides is 5. The zero-order valence-corrected chi connectivity index (χ0v) is 20.1. The molecular weight excluding hydrogens is 507 g/mol. The van der Waals surface area contributed by atoms with Crippen molar-refractivity contribution < 1.29 is 37.1 Å². The van der Waals surface area contributed by atoms with Crippen molar-refractivity contribution in [1.29, 1.82) is 0 Å². The number of hydrogen-bond acceptors (Lipinski definition) is 6. The van der Waals surface area contributed by atoms with Gasteiger partial charge in [0, 0.05) is 31.4 Å². The third-order valence-electron chi connectivity index (χ3n) is 6.44. The number of pyridine rings is 1. The minimum Gasteiger partial charge on any atom is -0.376 e. The molecule has 38 heavy (non-hydrogen) atoms. The summed E-state index contributed by atoms with van der Waals surface area (Å²) in [6, 6.07) is 10.9. The number of ether oxygens (including phenoxy) is 1. The number of aromatic nitrogens is 1. The van der Waals surface area contributed by atoms with Gasteiger partial charge in [0.05, 0.1) is 19.6 Å². The standard InChI is InChI=1S/C25H25F3N5O5/c26-25(27,28)16-32-22(36)24(14-18-8-4-5-10-30-18)20(21(29)35)31(11-12-33(24)23(32)37)19(34)9-13-38-15-17-6-2-1-3-7-17/h1-10,20H,11-16H2,(H2,29,35). The largest absolute Gasteiger partial charge is 0.406 e. The lowest BCUT2D eigenvalue weighted by atomic mass is 9.80. The molecule has 5 amide bonds. The number of fused-ring (bicyclic) bond motifs is 1. The molecule has 10 nitrogen and oxygen atoms in total. The number of piperazine rings is 1. The van der Waals surface area contributed by atoms with E-state index in [-0.39, 0.29) is 36.9 Å². The number of carbonyl (C=O) groups excluding carboxylic acids is 4. The van der Waals surface area contributed by atoms with Crippen LogP contribution in [0.5, 0.6) is 0 Å². The average Bonchev–Trinajstić information content (AvgIpc) is 3.07. The molecule has 0 bridgehead atoms. The molecule has 2 fully saturated rings. The second-order valence-electron chi connectivity index (χ2n) is 8.90. The number of nitrogens with two attached hydrogens (primary N) is 1. The number of nitrogens with zero attached hydrogens (tertiary/aromatic N) is 4. The highest BCUT2D eigenvalue weighted by Crippen LogP contribution is 2.40. The van der Waals surface area contributed by atoms with Crippen LogP contribution in [0.2, 0.25) is 0 Å². The number of primary amides is 1. The molecule has 2 aliphatic rings. The van der Waals surface area contributed by atoms with Gasteiger partial charge in [-0.15, -0.1) is 0 Å². The number of benzene rings is 1. The van der Waals surface area contributed by atoms with Crippen LogP contribution in [0.15, 0.2) is 54.7 Å². The van der Waals surface area contributed by atoms with E-state index in [2.05, 4.69) is 4.98 Å². The Morgan fingerprint density at radius 1 is 1.11 bits per heavy atom. The van der Waals surface area contributed by atoms with Crippen molar-refractivity contribution in [3.8, 4) is 0 Å². The van der Waals surface area contributed by atoms with Crippen LogP contribution in [0.3, 0.4) is 0 Å². The zero-order valence-electron chi connectivity index (χ0n) is 20.1. The Kier molecular flexibility index (Phi) is 7.67. The number of halogens is 3. The molecule has 2 atom stereocenters. The summed E-state index contributed by atoms with van der Waals surface area (Å²) in [6.07, 6.45) is -2.76. The van der Waals surface area contributed by atoms with Gasteiger partial charge in [0.1, 0.15) is 12.6 Å². The maximum atomic E-state index is 13.6. The Morgan fingerprint density at radius 2 is 1.82 bits per heavy atom. The average molecular weight is 532 g/mol. The fourth-order valence-corrected chi connectivity index (χ4v) is 4.90. The maximum Gasteiger partial charge on any atom is 0.406 e. The highest BCUT2D eigenvalue weighted by atomic mass is 19.4. The van der Waals surface area contributed by atoms with Crippen molar-refractivity contribution in [3.63, 3.8) is 0 Å². The first-order valence-electron chi connectivity index (χ1n) is 11.7. The van der Waals surface area contributed by atoms with Gasteiger partial charge in [-0.25, -0.2) is 4.79 Å². The molecule has 4 rings (SSSR count). The first-order valence-corrected chi connectivity index (χ1v) is 11.7. The van der Waals surface area contributed by atoms with Crippen molar-refractivity contribution in [2.24, 2.45) is 5.73 Å². The second kappa shape index (κ2) is 10.8. The minimum atomic E-state index is -4.88. The first kappa shape index (κ1) is 27.0. The Labute approximate surface area is 216 Å². The molecule has 2 unspecified atom stereocenters. The Hall–Kier alpha value is -4.00. The maximum absolute atomic E-state index is 13.6. The van der Waals surface area contributed by atoms with Gasteiger partial charge in [-0.05, 0) is 17.7 Å². The lowest BCUT2D eigenvalue weighted by molar-refractivity contribution is -0.161. The zero-order chi connectivity index (χ0) is 27.5. The van der Waals surface area contributed by atoms with E-state index in [1.807, 2.05) is 30.3 Å². The minimum absolute atomic E-state index is 0.0551. The Balaban J connectivity index is 1.62.